The molecule has 4 heterocycles. The van der Waals surface area contributed by atoms with Crippen molar-refractivity contribution in [1.29, 1.82) is 0 Å². The lowest BCUT2D eigenvalue weighted by atomic mass is 9.83. The molecule has 63 heavy (non-hydrogen) atoms. The number of nitrogens with zero attached hydrogens (tertiary/aromatic N) is 4. The second-order valence-electron chi connectivity index (χ2n) is 18.2. The number of H-pyrrole nitrogens is 1. The number of aromatic amines is 1. The molecule has 340 valence electrons. The molecule has 8 rings (SSSR count). The number of imidazole rings is 1. The molecule has 2 saturated carbocycles. The summed E-state index contributed by atoms with van der Waals surface area (Å²) < 4.78 is 62.8. The van der Waals surface area contributed by atoms with Gasteiger partial charge in [-0.1, -0.05) is 19.3 Å². The average Bonchev–Trinajstić information content (AvgIpc) is 3.64. The number of hydrogen-bond donors (Lipinski definition) is 5. The van der Waals surface area contributed by atoms with Crippen LogP contribution < -0.4 is 21.3 Å². The first-order valence-corrected chi connectivity index (χ1v) is 22.5. The van der Waals surface area contributed by atoms with E-state index >= 15 is 8.78 Å². The second-order valence-corrected chi connectivity index (χ2v) is 18.2. The molecule has 4 aliphatic rings. The van der Waals surface area contributed by atoms with Crippen LogP contribution in [0.4, 0.5) is 17.6 Å². The van der Waals surface area contributed by atoms with Crippen LogP contribution in [-0.4, -0.2) is 124 Å². The quantitative estimate of drug-likeness (QED) is 0.105. The molecular formula is C46H59F4N9O4. The number of carbonyl (C=O) groups excluding carboxylic acids is 4. The summed E-state index contributed by atoms with van der Waals surface area (Å²) in [5, 5.41) is 12.4. The Morgan fingerprint density at radius 1 is 0.762 bits per heavy atom. The molecule has 4 amide bonds. The Morgan fingerprint density at radius 3 is 1.92 bits per heavy atom. The van der Waals surface area contributed by atoms with Gasteiger partial charge in [-0.3, -0.25) is 19.2 Å². The number of benzene rings is 2. The van der Waals surface area contributed by atoms with Crippen LogP contribution in [0.5, 0.6) is 0 Å². The van der Waals surface area contributed by atoms with Crippen LogP contribution in [0.2, 0.25) is 0 Å². The normalized spacial score (nSPS) is 23.9. The highest BCUT2D eigenvalue weighted by atomic mass is 19.1. The van der Waals surface area contributed by atoms with Gasteiger partial charge in [0.1, 0.15) is 36.1 Å². The molecule has 0 radical (unpaired) electrons. The Morgan fingerprint density at radius 2 is 1.32 bits per heavy atom. The zero-order chi connectivity index (χ0) is 44.7. The highest BCUT2D eigenvalue weighted by Crippen LogP contribution is 2.39. The Labute approximate surface area is 364 Å². The Balaban J connectivity index is 1.16. The highest BCUT2D eigenvalue weighted by Gasteiger charge is 2.46. The SMILES string of the molecule is CN[C@@H](C)C(=O)N[C@H](C(=O)N1C[C@@H](F)C[C@H]1Cc1c(-c2nc3cc(F)ccc3n2C[C@@H]2C[C@H](F)CN2C(=O)[C@@H](NC(=O)[C@H](C)NC)C2CC2)[nH]c2cc(F)ccc12)C1CCCCC1. The fourth-order valence-electron chi connectivity index (χ4n) is 10.0. The first-order chi connectivity index (χ1) is 30.2. The number of rotatable bonds is 15. The number of likely N-dealkylation sites (N-methyl/N-ethyl adjacent to an activating group) is 2. The standard InChI is InChI=1S/C46H59F4N9O4/c1-24(51-3)43(60)55-39(26-8-6-5-7-9-26)45(62)57-21-30(49)16-32(57)20-35-34-14-12-28(47)18-36(34)53-41(35)42-54-37-19-29(48)13-15-38(37)59(42)23-33-17-31(50)22-58(33)46(63)40(27-10-11-27)56-44(61)25(2)52-4/h12-15,18-19,24-27,30-33,39-40,51-53H,5-11,16-17,20-23H2,1-4H3,(H,55,60)(H,56,61)/t24-,25-,30-,31-,32-,33-,39-,40-/m0/s1. The molecule has 17 heteroatoms. The Bertz CT molecular complexity index is 2340. The molecule has 2 aliphatic carbocycles. The molecule has 5 N–H and O–H groups in total. The van der Waals surface area contributed by atoms with Crippen LogP contribution in [0.1, 0.15) is 77.2 Å². The predicted octanol–water partition coefficient (Wildman–Crippen LogP) is 5.06. The molecule has 2 aliphatic heterocycles. The van der Waals surface area contributed by atoms with Gasteiger partial charge in [0.05, 0.1) is 47.9 Å². The van der Waals surface area contributed by atoms with Crippen molar-refractivity contribution in [3.05, 3.63) is 53.6 Å². The minimum Gasteiger partial charge on any atom is -0.352 e. The molecule has 2 aromatic carbocycles. The van der Waals surface area contributed by atoms with Crippen molar-refractivity contribution < 1.29 is 36.7 Å². The number of nitrogens with one attached hydrogen (secondary N) is 5. The largest absolute Gasteiger partial charge is 0.352 e. The molecular weight excluding hydrogens is 819 g/mol. The predicted molar refractivity (Wildman–Crippen MR) is 231 cm³/mol. The van der Waals surface area contributed by atoms with E-state index in [-0.39, 0.29) is 74.4 Å². The second kappa shape index (κ2) is 18.6. The van der Waals surface area contributed by atoms with Crippen LogP contribution in [0.3, 0.4) is 0 Å². The Kier molecular flexibility index (Phi) is 13.2. The first kappa shape index (κ1) is 44.6. The number of aromatic nitrogens is 3. The van der Waals surface area contributed by atoms with E-state index in [0.29, 0.717) is 39.0 Å². The van der Waals surface area contributed by atoms with Crippen LogP contribution in [0.15, 0.2) is 36.4 Å². The first-order valence-electron chi connectivity index (χ1n) is 22.5. The van der Waals surface area contributed by atoms with Crippen LogP contribution in [0.25, 0.3) is 33.5 Å². The zero-order valence-electron chi connectivity index (χ0n) is 36.4. The van der Waals surface area contributed by atoms with Crippen molar-refractivity contribution in [3.8, 4) is 11.5 Å². The van der Waals surface area contributed by atoms with Gasteiger partial charge in [-0.25, -0.2) is 22.5 Å². The van der Waals surface area contributed by atoms with Crippen LogP contribution in [-0.2, 0) is 32.1 Å². The number of hydrogen-bond acceptors (Lipinski definition) is 7. The fourth-order valence-corrected chi connectivity index (χ4v) is 10.0. The van der Waals surface area contributed by atoms with Crippen molar-refractivity contribution in [2.24, 2.45) is 11.8 Å². The van der Waals surface area contributed by atoms with Gasteiger partial charge in [-0.05, 0) is 108 Å². The van der Waals surface area contributed by atoms with Crippen LogP contribution in [0, 0.1) is 23.5 Å². The number of carbonyl (C=O) groups is 4. The molecule has 0 spiro atoms. The third kappa shape index (κ3) is 9.31. The lowest BCUT2D eigenvalue weighted by molar-refractivity contribution is -0.139. The third-order valence-electron chi connectivity index (χ3n) is 13.9. The van der Waals surface area contributed by atoms with Crippen molar-refractivity contribution in [3.63, 3.8) is 0 Å². The van der Waals surface area contributed by atoms with Gasteiger partial charge in [0, 0.05) is 42.4 Å². The molecule has 8 atom stereocenters. The number of amides is 4. The number of fused-ring (bicyclic) bond motifs is 2. The average molecular weight is 878 g/mol. The monoisotopic (exact) mass is 877 g/mol. The van der Waals surface area contributed by atoms with Crippen molar-refractivity contribution in [2.75, 3.05) is 27.2 Å². The fraction of sp³-hybridized carbons (Fsp3) is 0.587. The van der Waals surface area contributed by atoms with E-state index in [1.165, 1.54) is 29.2 Å². The summed E-state index contributed by atoms with van der Waals surface area (Å²) in [6, 6.07) is 4.37. The smallest absolute Gasteiger partial charge is 0.245 e. The van der Waals surface area contributed by atoms with Crippen molar-refractivity contribution in [1.82, 2.24) is 45.6 Å². The summed E-state index contributed by atoms with van der Waals surface area (Å²) in [6.07, 6.45) is 3.43. The summed E-state index contributed by atoms with van der Waals surface area (Å²) in [6.45, 7) is 3.15. The molecule has 2 aromatic heterocycles. The minimum absolute atomic E-state index is 0.0118. The van der Waals surface area contributed by atoms with E-state index in [1.54, 1.807) is 45.0 Å². The maximum absolute atomic E-state index is 15.7. The zero-order valence-corrected chi connectivity index (χ0v) is 36.4. The van der Waals surface area contributed by atoms with Crippen LogP contribution >= 0.6 is 0 Å². The summed E-state index contributed by atoms with van der Waals surface area (Å²) >= 11 is 0. The maximum Gasteiger partial charge on any atom is 0.245 e. The summed E-state index contributed by atoms with van der Waals surface area (Å²) in [4.78, 5) is 66.5. The molecule has 0 unspecified atom stereocenters. The van der Waals surface area contributed by atoms with Gasteiger partial charge < -0.3 is 40.6 Å². The lowest BCUT2D eigenvalue weighted by Crippen LogP contribution is -2.56. The van der Waals surface area contributed by atoms with Gasteiger partial charge in [0.25, 0.3) is 0 Å². The topological polar surface area (TPSA) is 156 Å². The van der Waals surface area contributed by atoms with E-state index in [0.717, 1.165) is 44.9 Å². The van der Waals surface area contributed by atoms with Gasteiger partial charge in [-0.15, -0.1) is 0 Å². The highest BCUT2D eigenvalue weighted by molar-refractivity contribution is 5.93. The minimum atomic E-state index is -1.34. The third-order valence-corrected chi connectivity index (χ3v) is 13.9. The number of alkyl halides is 2. The van der Waals surface area contributed by atoms with Crippen molar-refractivity contribution in [2.45, 2.75) is 133 Å². The molecule has 13 nitrogen and oxygen atoms in total. The maximum atomic E-state index is 15.7. The summed E-state index contributed by atoms with van der Waals surface area (Å²) in [7, 11) is 3.32. The van der Waals surface area contributed by atoms with Gasteiger partial charge in [0.15, 0.2) is 5.82 Å². The number of likely N-dealkylation sites (tertiary alicyclic amines) is 2. The van der Waals surface area contributed by atoms with Gasteiger partial charge >= 0.3 is 0 Å². The van der Waals surface area contributed by atoms with Crippen molar-refractivity contribution >= 4 is 45.6 Å². The number of halogens is 4. The lowest BCUT2D eigenvalue weighted by Gasteiger charge is -2.35. The van der Waals surface area contributed by atoms with Gasteiger partial charge in [0.2, 0.25) is 23.6 Å². The van der Waals surface area contributed by atoms with E-state index in [1.807, 2.05) is 4.57 Å². The van der Waals surface area contributed by atoms with E-state index < -0.39 is 60.2 Å². The molecule has 0 bridgehead atoms. The molecule has 4 aromatic rings. The van der Waals surface area contributed by atoms with E-state index in [4.69, 9.17) is 4.98 Å². The van der Waals surface area contributed by atoms with Gasteiger partial charge in [-0.2, -0.15) is 0 Å². The summed E-state index contributed by atoms with van der Waals surface area (Å²) in [5.74, 6) is -2.25. The van der Waals surface area contributed by atoms with E-state index in [2.05, 4.69) is 26.3 Å². The molecule has 2 saturated heterocycles. The van der Waals surface area contributed by atoms with E-state index in [9.17, 15) is 28.0 Å². The molecule has 4 fully saturated rings. The Hall–Kier alpha value is -5.03. The summed E-state index contributed by atoms with van der Waals surface area (Å²) in [5.41, 5.74) is 2.28.